The number of amidine groups is 1. The van der Waals surface area contributed by atoms with Crippen LogP contribution in [-0.4, -0.2) is 29.6 Å². The lowest BCUT2D eigenvalue weighted by Crippen LogP contribution is -2.44. The number of ether oxygens (including phenoxy) is 1. The summed E-state index contributed by atoms with van der Waals surface area (Å²) in [4.78, 5) is 11.8. The summed E-state index contributed by atoms with van der Waals surface area (Å²) in [5.74, 6) is 0.538. The molecule has 1 amide bonds. The molecule has 2 atom stereocenters. The Balaban J connectivity index is 1.82. The average Bonchev–Trinajstić information content (AvgIpc) is 2.93. The molecule has 4 N–H and O–H groups in total. The van der Waals surface area contributed by atoms with Crippen LogP contribution >= 0.6 is 0 Å². The van der Waals surface area contributed by atoms with Gasteiger partial charge in [0.15, 0.2) is 6.61 Å². The first kappa shape index (κ1) is 14.2. The number of nitrogens with one attached hydrogen (secondary N) is 1. The van der Waals surface area contributed by atoms with Gasteiger partial charge < -0.3 is 21.0 Å². The summed E-state index contributed by atoms with van der Waals surface area (Å²) in [6, 6.07) is 9.08. The second kappa shape index (κ2) is 6.79. The highest BCUT2D eigenvalue weighted by Crippen LogP contribution is 2.25. The maximum absolute atomic E-state index is 11.8. The Labute approximate surface area is 117 Å². The number of nitrogens with two attached hydrogens (primary N) is 1. The van der Waals surface area contributed by atoms with Crippen LogP contribution in [0.4, 0.5) is 0 Å². The van der Waals surface area contributed by atoms with Crippen molar-refractivity contribution >= 4 is 11.7 Å². The van der Waals surface area contributed by atoms with Gasteiger partial charge in [-0.15, -0.1) is 0 Å². The highest BCUT2D eigenvalue weighted by molar-refractivity contribution is 5.84. The van der Waals surface area contributed by atoms with Gasteiger partial charge in [0.25, 0.3) is 5.91 Å². The molecule has 6 heteroatoms. The quantitative estimate of drug-likeness (QED) is 0.325. The number of para-hydroxylation sites is 1. The van der Waals surface area contributed by atoms with Gasteiger partial charge in [0.1, 0.15) is 11.6 Å². The van der Waals surface area contributed by atoms with E-state index in [0.29, 0.717) is 5.75 Å². The Hall–Kier alpha value is -2.24. The molecule has 1 saturated carbocycles. The largest absolute Gasteiger partial charge is 0.484 e. The predicted octanol–water partition coefficient (Wildman–Crippen LogP) is 1.10. The van der Waals surface area contributed by atoms with E-state index in [4.69, 9.17) is 15.7 Å². The monoisotopic (exact) mass is 277 g/mol. The molecule has 6 nitrogen and oxygen atoms in total. The van der Waals surface area contributed by atoms with Crippen molar-refractivity contribution in [2.24, 2.45) is 16.8 Å². The van der Waals surface area contributed by atoms with Crippen molar-refractivity contribution in [1.29, 1.82) is 0 Å². The Morgan fingerprint density at radius 1 is 1.40 bits per heavy atom. The van der Waals surface area contributed by atoms with Crippen LogP contribution in [0, 0.1) is 5.92 Å². The van der Waals surface area contributed by atoms with Crippen molar-refractivity contribution in [3.05, 3.63) is 30.3 Å². The number of amides is 1. The van der Waals surface area contributed by atoms with Gasteiger partial charge in [0, 0.05) is 12.0 Å². The number of benzene rings is 1. The Morgan fingerprint density at radius 2 is 2.15 bits per heavy atom. The van der Waals surface area contributed by atoms with Crippen molar-refractivity contribution in [1.82, 2.24) is 5.32 Å². The normalized spacial score (nSPS) is 22.5. The smallest absolute Gasteiger partial charge is 0.258 e. The topological polar surface area (TPSA) is 96.9 Å². The molecule has 0 radical (unpaired) electrons. The molecule has 0 aromatic heterocycles. The van der Waals surface area contributed by atoms with E-state index in [1.165, 1.54) is 0 Å². The minimum atomic E-state index is -0.198. The van der Waals surface area contributed by atoms with Crippen LogP contribution in [-0.2, 0) is 4.79 Å². The van der Waals surface area contributed by atoms with Gasteiger partial charge in [-0.1, -0.05) is 29.8 Å². The van der Waals surface area contributed by atoms with E-state index in [0.717, 1.165) is 19.3 Å². The minimum absolute atomic E-state index is 0.0383. The fraction of sp³-hybridized carbons (Fsp3) is 0.429. The van der Waals surface area contributed by atoms with Crippen molar-refractivity contribution in [3.8, 4) is 5.75 Å². The Kier molecular flexibility index (Phi) is 4.81. The van der Waals surface area contributed by atoms with Crippen LogP contribution in [0.15, 0.2) is 35.5 Å². The maximum Gasteiger partial charge on any atom is 0.258 e. The number of hydrogen-bond donors (Lipinski definition) is 3. The van der Waals surface area contributed by atoms with Crippen molar-refractivity contribution in [3.63, 3.8) is 0 Å². The zero-order valence-electron chi connectivity index (χ0n) is 11.2. The van der Waals surface area contributed by atoms with E-state index in [2.05, 4.69) is 10.5 Å². The molecular formula is C14H19N3O3. The first-order valence-corrected chi connectivity index (χ1v) is 6.65. The van der Waals surface area contributed by atoms with Gasteiger partial charge in [-0.05, 0) is 25.0 Å². The van der Waals surface area contributed by atoms with Crippen LogP contribution in [0.3, 0.4) is 0 Å². The van der Waals surface area contributed by atoms with E-state index in [1.54, 1.807) is 12.1 Å². The molecule has 1 aliphatic rings. The SMILES string of the molecule is NC(=NO)C1CCCC1NC(=O)COc1ccccc1. The fourth-order valence-corrected chi connectivity index (χ4v) is 2.48. The molecule has 0 spiro atoms. The molecule has 108 valence electrons. The standard InChI is InChI=1S/C14H19N3O3/c15-14(17-19)11-7-4-8-12(11)16-13(18)9-20-10-5-2-1-3-6-10/h1-3,5-6,11-12,19H,4,7-9H2,(H2,15,17)(H,16,18). The van der Waals surface area contributed by atoms with Crippen molar-refractivity contribution in [2.75, 3.05) is 6.61 Å². The van der Waals surface area contributed by atoms with E-state index < -0.39 is 0 Å². The van der Waals surface area contributed by atoms with E-state index in [9.17, 15) is 4.79 Å². The first-order chi connectivity index (χ1) is 9.70. The van der Waals surface area contributed by atoms with Gasteiger partial charge in [0.2, 0.25) is 0 Å². The van der Waals surface area contributed by atoms with E-state index >= 15 is 0 Å². The van der Waals surface area contributed by atoms with Crippen molar-refractivity contribution < 1.29 is 14.7 Å². The summed E-state index contributed by atoms with van der Waals surface area (Å²) in [6.07, 6.45) is 2.60. The summed E-state index contributed by atoms with van der Waals surface area (Å²) in [6.45, 7) is -0.0383. The zero-order chi connectivity index (χ0) is 14.4. The van der Waals surface area contributed by atoms with Gasteiger partial charge in [-0.2, -0.15) is 0 Å². The molecular weight excluding hydrogens is 258 g/mol. The summed E-state index contributed by atoms with van der Waals surface area (Å²) in [5.41, 5.74) is 5.63. The number of carbonyl (C=O) groups excluding carboxylic acids is 1. The molecule has 0 aliphatic heterocycles. The van der Waals surface area contributed by atoms with Crippen LogP contribution in [0.2, 0.25) is 0 Å². The molecule has 0 heterocycles. The van der Waals surface area contributed by atoms with Crippen LogP contribution < -0.4 is 15.8 Å². The zero-order valence-corrected chi connectivity index (χ0v) is 11.2. The van der Waals surface area contributed by atoms with E-state index in [1.807, 2.05) is 18.2 Å². The van der Waals surface area contributed by atoms with Crippen LogP contribution in [0.5, 0.6) is 5.75 Å². The second-order valence-corrected chi connectivity index (χ2v) is 4.84. The summed E-state index contributed by atoms with van der Waals surface area (Å²) < 4.78 is 5.38. The molecule has 2 rings (SSSR count). The molecule has 1 aromatic carbocycles. The lowest BCUT2D eigenvalue weighted by atomic mass is 10.0. The second-order valence-electron chi connectivity index (χ2n) is 4.84. The third-order valence-electron chi connectivity index (χ3n) is 3.47. The number of nitrogens with zero attached hydrogens (tertiary/aromatic N) is 1. The summed E-state index contributed by atoms with van der Waals surface area (Å²) in [5, 5.41) is 14.6. The first-order valence-electron chi connectivity index (χ1n) is 6.65. The number of rotatable bonds is 5. The minimum Gasteiger partial charge on any atom is -0.484 e. The average molecular weight is 277 g/mol. The van der Waals surface area contributed by atoms with Gasteiger partial charge in [-0.3, -0.25) is 4.79 Å². The molecule has 1 fully saturated rings. The lowest BCUT2D eigenvalue weighted by molar-refractivity contribution is -0.123. The van der Waals surface area contributed by atoms with Gasteiger partial charge in [-0.25, -0.2) is 0 Å². The molecule has 1 aromatic rings. The van der Waals surface area contributed by atoms with Crippen molar-refractivity contribution in [2.45, 2.75) is 25.3 Å². The van der Waals surface area contributed by atoms with Crippen LogP contribution in [0.1, 0.15) is 19.3 Å². The maximum atomic E-state index is 11.8. The Morgan fingerprint density at radius 3 is 2.85 bits per heavy atom. The van der Waals surface area contributed by atoms with E-state index in [-0.39, 0.29) is 30.3 Å². The third-order valence-corrected chi connectivity index (χ3v) is 3.47. The summed E-state index contributed by atoms with van der Waals surface area (Å²) >= 11 is 0. The Bertz CT molecular complexity index is 476. The highest BCUT2D eigenvalue weighted by atomic mass is 16.5. The van der Waals surface area contributed by atoms with Gasteiger partial charge >= 0.3 is 0 Å². The molecule has 0 saturated heterocycles. The predicted molar refractivity (Wildman–Crippen MR) is 74.6 cm³/mol. The number of carbonyl (C=O) groups is 1. The molecule has 1 aliphatic carbocycles. The number of oxime groups is 1. The summed E-state index contributed by atoms with van der Waals surface area (Å²) in [7, 11) is 0. The fourth-order valence-electron chi connectivity index (χ4n) is 2.48. The highest BCUT2D eigenvalue weighted by Gasteiger charge is 2.31. The molecule has 0 bridgehead atoms. The van der Waals surface area contributed by atoms with Gasteiger partial charge in [0.05, 0.1) is 0 Å². The third kappa shape index (κ3) is 3.63. The van der Waals surface area contributed by atoms with Crippen LogP contribution in [0.25, 0.3) is 0 Å². The molecule has 2 unspecified atom stereocenters. The molecule has 20 heavy (non-hydrogen) atoms. The number of hydrogen-bond acceptors (Lipinski definition) is 4. The lowest BCUT2D eigenvalue weighted by Gasteiger charge is -2.19.